The van der Waals surface area contributed by atoms with Gasteiger partial charge in [-0.3, -0.25) is 19.1 Å². The van der Waals surface area contributed by atoms with Crippen LogP contribution in [0, 0.1) is 0 Å². The van der Waals surface area contributed by atoms with Crippen molar-refractivity contribution in [3.8, 4) is 0 Å². The highest BCUT2D eigenvalue weighted by atomic mass is 33.1. The van der Waals surface area contributed by atoms with E-state index in [0.29, 0.717) is 12.8 Å². The van der Waals surface area contributed by atoms with E-state index in [9.17, 15) is 32.2 Å². The van der Waals surface area contributed by atoms with Crippen molar-refractivity contribution in [2.75, 3.05) is 20.3 Å². The minimum Gasteiger partial charge on any atom is -0.464 e. The molecule has 23 heavy (non-hydrogen) atoms. The van der Waals surface area contributed by atoms with Crippen molar-refractivity contribution in [3.05, 3.63) is 0 Å². The molecule has 1 N–H and O–H groups in total. The summed E-state index contributed by atoms with van der Waals surface area (Å²) in [6.07, 6.45) is -4.18. The van der Waals surface area contributed by atoms with E-state index in [1.165, 1.54) is 0 Å². The molecule has 0 aromatic heterocycles. The van der Waals surface area contributed by atoms with E-state index < -0.39 is 37.3 Å². The van der Waals surface area contributed by atoms with Crippen LogP contribution in [0.4, 0.5) is 13.2 Å². The molecule has 0 spiro atoms. The van der Waals surface area contributed by atoms with E-state index >= 15 is 0 Å². The first-order valence-corrected chi connectivity index (χ1v) is 9.81. The topological polar surface area (TPSA) is 93.1 Å². The predicted molar refractivity (Wildman–Crippen MR) is 80.8 cm³/mol. The number of ether oxygens (including phenoxy) is 1. The summed E-state index contributed by atoms with van der Waals surface area (Å²) in [7, 11) is -3.70. The van der Waals surface area contributed by atoms with Gasteiger partial charge in [-0.15, -0.1) is 11.7 Å². The molecule has 0 heterocycles. The van der Waals surface area contributed by atoms with Crippen LogP contribution in [0.1, 0.15) is 19.8 Å². The van der Waals surface area contributed by atoms with Crippen molar-refractivity contribution in [1.29, 1.82) is 0 Å². The molecule has 1 amide bonds. The molecule has 0 fully saturated rings. The molecule has 0 saturated heterocycles. The Bertz CT molecular complexity index is 464. The fourth-order valence-electron chi connectivity index (χ4n) is 1.31. The molecule has 0 aromatic rings. The number of hydrogen-bond acceptors (Lipinski definition) is 7. The highest BCUT2D eigenvalue weighted by Crippen LogP contribution is 2.54. The molecule has 0 aliphatic carbocycles. The van der Waals surface area contributed by atoms with Crippen molar-refractivity contribution in [1.82, 2.24) is 4.90 Å². The molecule has 0 rings (SSSR count). The van der Waals surface area contributed by atoms with Crippen LogP contribution in [-0.4, -0.2) is 53.2 Å². The van der Waals surface area contributed by atoms with E-state index in [1.54, 1.807) is 0 Å². The molecule has 0 bridgehead atoms. The number of rotatable bonds is 9. The lowest BCUT2D eigenvalue weighted by molar-refractivity contribution is -0.186. The summed E-state index contributed by atoms with van der Waals surface area (Å²) in [5, 5.41) is -2.02. The van der Waals surface area contributed by atoms with Gasteiger partial charge < -0.3 is 14.2 Å². The number of unbranched alkanes of at least 4 members (excludes halogenated alkanes) is 1. The third kappa shape index (κ3) is 7.34. The van der Waals surface area contributed by atoms with Crippen molar-refractivity contribution in [2.24, 2.45) is 0 Å². The van der Waals surface area contributed by atoms with Crippen LogP contribution in [0.15, 0.2) is 0 Å². The molecule has 0 radical (unpaired) electrons. The molecule has 0 aliphatic heterocycles. The smallest absolute Gasteiger partial charge is 0.464 e. The van der Waals surface area contributed by atoms with E-state index in [4.69, 9.17) is 0 Å². The molecular weight excluding hydrogens is 382 g/mol. The maximum Gasteiger partial charge on any atom is 0.471 e. The zero-order valence-corrected chi connectivity index (χ0v) is 14.9. The minimum absolute atomic E-state index is 0.0386. The zero-order valence-electron chi connectivity index (χ0n) is 12.3. The van der Waals surface area contributed by atoms with Gasteiger partial charge >= 0.3 is 25.6 Å². The van der Waals surface area contributed by atoms with Crippen LogP contribution >= 0.6 is 30.1 Å². The number of hydrogen-bond donors (Lipinski definition) is 2. The molecule has 7 nitrogen and oxygen atoms in total. The Labute approximate surface area is 140 Å². The molecule has 0 aromatic carbocycles. The quantitative estimate of drug-likeness (QED) is 0.154. The molecule has 0 aliphatic rings. The fraction of sp³-hybridized carbons (Fsp3) is 0.800. The number of halogens is 3. The molecule has 2 unspecified atom stereocenters. The third-order valence-corrected chi connectivity index (χ3v) is 6.48. The van der Waals surface area contributed by atoms with Gasteiger partial charge in [0, 0.05) is 7.11 Å². The van der Waals surface area contributed by atoms with Gasteiger partial charge in [0.1, 0.15) is 6.54 Å². The van der Waals surface area contributed by atoms with Crippen LogP contribution < -0.4 is 0 Å². The highest BCUT2D eigenvalue weighted by molar-refractivity contribution is 8.69. The van der Waals surface area contributed by atoms with Gasteiger partial charge in [0.25, 0.3) is 0 Å². The first-order chi connectivity index (χ1) is 10.5. The number of nitrogens with zero attached hydrogens (tertiary/aromatic N) is 1. The lowest BCUT2D eigenvalue weighted by Crippen LogP contribution is -2.48. The third-order valence-electron chi connectivity index (χ3n) is 2.47. The molecular formula is C10H17F3NO6PS2. The van der Waals surface area contributed by atoms with E-state index in [1.807, 2.05) is 6.92 Å². The molecule has 13 heteroatoms. The van der Waals surface area contributed by atoms with Gasteiger partial charge in [-0.05, 0) is 6.42 Å². The van der Waals surface area contributed by atoms with Crippen LogP contribution in [0.3, 0.4) is 0 Å². The van der Waals surface area contributed by atoms with Gasteiger partial charge in [0.2, 0.25) is 0 Å². The summed E-state index contributed by atoms with van der Waals surface area (Å²) in [6, 6.07) is 0. The summed E-state index contributed by atoms with van der Waals surface area (Å²) in [6.45, 7) is 0.610. The van der Waals surface area contributed by atoms with Crippen LogP contribution in [0.25, 0.3) is 0 Å². The first kappa shape index (κ1) is 22.6. The number of thiol groups is 1. The Kier molecular flexibility index (Phi) is 9.60. The lowest BCUT2D eigenvalue weighted by Gasteiger charge is -2.31. The summed E-state index contributed by atoms with van der Waals surface area (Å²) in [5.74, 6) is -3.61. The summed E-state index contributed by atoms with van der Waals surface area (Å²) in [4.78, 5) is 32.4. The maximum absolute atomic E-state index is 12.7. The van der Waals surface area contributed by atoms with Crippen LogP contribution in [-0.2, 0) is 23.4 Å². The standard InChI is InChI=1S/C10H17F3NO6PS2/c1-3-4-5-20-7(15)6-14(8(16)10(11,12)13)9(23-22)21(17,18)19-2/h9,22H,3-6H2,1-2H3,(H,17,18). The molecule has 2 atom stereocenters. The average molecular weight is 399 g/mol. The van der Waals surface area contributed by atoms with Crippen LogP contribution in [0.5, 0.6) is 0 Å². The highest BCUT2D eigenvalue weighted by Gasteiger charge is 2.50. The van der Waals surface area contributed by atoms with E-state index in [-0.39, 0.29) is 22.3 Å². The van der Waals surface area contributed by atoms with Crippen molar-refractivity contribution < 1.29 is 41.5 Å². The Hall–Kier alpha value is -0.420. The summed E-state index contributed by atoms with van der Waals surface area (Å²) < 4.78 is 58.7. The van der Waals surface area contributed by atoms with E-state index in [2.05, 4.69) is 20.9 Å². The van der Waals surface area contributed by atoms with Gasteiger partial charge in [0.15, 0.2) is 5.11 Å². The van der Waals surface area contributed by atoms with Gasteiger partial charge in [-0.25, -0.2) is 0 Å². The monoisotopic (exact) mass is 399 g/mol. The molecule has 136 valence electrons. The fourth-order valence-corrected chi connectivity index (χ4v) is 4.46. The number of alkyl halides is 3. The SMILES string of the molecule is CCCCOC(=O)CN(C(=O)C(F)(F)F)C(SS)P(=O)(O)OC. The first-order valence-electron chi connectivity index (χ1n) is 6.23. The van der Waals surface area contributed by atoms with Gasteiger partial charge in [-0.1, -0.05) is 24.1 Å². The van der Waals surface area contributed by atoms with Crippen LogP contribution in [0.2, 0.25) is 0 Å². The number of carbonyl (C=O) groups is 2. The normalized spacial score (nSPS) is 15.6. The van der Waals surface area contributed by atoms with Gasteiger partial charge in [0.05, 0.1) is 6.61 Å². The number of carbonyl (C=O) groups excluding carboxylic acids is 2. The summed E-state index contributed by atoms with van der Waals surface area (Å²) >= 11 is 3.59. The average Bonchev–Trinajstić information content (AvgIpc) is 2.45. The van der Waals surface area contributed by atoms with Crippen molar-refractivity contribution in [2.45, 2.75) is 31.1 Å². The zero-order chi connectivity index (χ0) is 18.3. The maximum atomic E-state index is 12.7. The number of esters is 1. The Morgan fingerprint density at radius 1 is 1.43 bits per heavy atom. The number of amides is 1. The van der Waals surface area contributed by atoms with E-state index in [0.717, 1.165) is 7.11 Å². The second kappa shape index (κ2) is 9.77. The Balaban J connectivity index is 5.36. The Morgan fingerprint density at radius 2 is 2.00 bits per heavy atom. The summed E-state index contributed by atoms with van der Waals surface area (Å²) in [5.41, 5.74) is 0. The second-order valence-electron chi connectivity index (χ2n) is 4.18. The van der Waals surface area contributed by atoms with Gasteiger partial charge in [-0.2, -0.15) is 13.2 Å². The second-order valence-corrected chi connectivity index (χ2v) is 7.80. The van der Waals surface area contributed by atoms with Crippen molar-refractivity contribution in [3.63, 3.8) is 0 Å². The largest absolute Gasteiger partial charge is 0.471 e. The lowest BCUT2D eigenvalue weighted by atomic mass is 10.4. The minimum atomic E-state index is -5.35. The Morgan fingerprint density at radius 3 is 2.39 bits per heavy atom. The predicted octanol–water partition coefficient (Wildman–Crippen LogP) is 2.41. The van der Waals surface area contributed by atoms with Crippen molar-refractivity contribution >= 4 is 41.9 Å². The molecule has 0 saturated carbocycles.